The number of aromatic nitrogens is 1. The van der Waals surface area contributed by atoms with Gasteiger partial charge in [0.25, 0.3) is 0 Å². The largest absolute Gasteiger partial charge is 0.476 e. The minimum atomic E-state index is -1.42. The van der Waals surface area contributed by atoms with Gasteiger partial charge >= 0.3 is 5.97 Å². The van der Waals surface area contributed by atoms with Gasteiger partial charge in [0, 0.05) is 11.8 Å². The molecule has 0 radical (unpaired) electrons. The SMILES string of the molecule is NC(=O)CC(O)C(O)c1cnc(C(=O)O)c(N)c1. The maximum absolute atomic E-state index is 10.7. The number of hydrogen-bond donors (Lipinski definition) is 5. The predicted molar refractivity (Wildman–Crippen MR) is 60.4 cm³/mol. The van der Waals surface area contributed by atoms with Crippen molar-refractivity contribution >= 4 is 17.6 Å². The number of pyridine rings is 1. The molecule has 1 rings (SSSR count). The number of aliphatic hydroxyl groups excluding tert-OH is 2. The Balaban J connectivity index is 2.93. The van der Waals surface area contributed by atoms with E-state index in [1.165, 1.54) is 6.07 Å². The summed E-state index contributed by atoms with van der Waals surface area (Å²) in [6.07, 6.45) is -2.19. The van der Waals surface area contributed by atoms with Gasteiger partial charge in [-0.3, -0.25) is 4.79 Å². The van der Waals surface area contributed by atoms with E-state index >= 15 is 0 Å². The Kier molecular flexibility index (Phi) is 4.18. The topological polar surface area (TPSA) is 160 Å². The minimum absolute atomic E-state index is 0.103. The lowest BCUT2D eigenvalue weighted by molar-refractivity contribution is -0.121. The van der Waals surface area contributed by atoms with Crippen LogP contribution in [0.15, 0.2) is 12.3 Å². The van der Waals surface area contributed by atoms with Gasteiger partial charge in [-0.15, -0.1) is 0 Å². The molecule has 2 atom stereocenters. The van der Waals surface area contributed by atoms with E-state index in [2.05, 4.69) is 4.98 Å². The van der Waals surface area contributed by atoms with Gasteiger partial charge in [-0.25, -0.2) is 9.78 Å². The summed E-state index contributed by atoms with van der Waals surface area (Å²) in [6.45, 7) is 0. The number of carbonyl (C=O) groups is 2. The van der Waals surface area contributed by atoms with E-state index in [4.69, 9.17) is 16.6 Å². The van der Waals surface area contributed by atoms with Crippen molar-refractivity contribution in [2.45, 2.75) is 18.6 Å². The molecule has 1 amide bonds. The number of rotatable bonds is 5. The Bertz CT molecular complexity index is 477. The van der Waals surface area contributed by atoms with Crippen molar-refractivity contribution in [3.8, 4) is 0 Å². The summed E-state index contributed by atoms with van der Waals surface area (Å²) in [5.41, 5.74) is 9.91. The predicted octanol–water partition coefficient (Wildman–Crippen LogP) is -1.37. The van der Waals surface area contributed by atoms with Gasteiger partial charge < -0.3 is 26.8 Å². The molecule has 0 spiro atoms. The van der Waals surface area contributed by atoms with Gasteiger partial charge in [-0.2, -0.15) is 0 Å². The number of aromatic carboxylic acids is 1. The lowest BCUT2D eigenvalue weighted by Crippen LogP contribution is -2.26. The van der Waals surface area contributed by atoms with E-state index in [1.54, 1.807) is 0 Å². The summed E-state index contributed by atoms with van der Waals surface area (Å²) in [5, 5.41) is 27.9. The van der Waals surface area contributed by atoms with Crippen LogP contribution in [0.5, 0.6) is 0 Å². The van der Waals surface area contributed by atoms with E-state index in [0.717, 1.165) is 6.20 Å². The molecule has 0 aliphatic heterocycles. The van der Waals surface area contributed by atoms with Gasteiger partial charge in [0.05, 0.1) is 18.2 Å². The standard InChI is InChI=1S/C10H13N3O5/c11-5-1-4(3-13-8(5)10(17)18)9(16)6(14)2-7(12)15/h1,3,6,9,14,16H,2,11H2,(H2,12,15)(H,17,18). The second-order valence-corrected chi connectivity index (χ2v) is 3.69. The van der Waals surface area contributed by atoms with Crippen LogP contribution in [0.2, 0.25) is 0 Å². The summed E-state index contributed by atoms with van der Waals surface area (Å²) >= 11 is 0. The van der Waals surface area contributed by atoms with E-state index in [1.807, 2.05) is 0 Å². The van der Waals surface area contributed by atoms with Gasteiger partial charge in [0.2, 0.25) is 5.91 Å². The lowest BCUT2D eigenvalue weighted by atomic mass is 10.0. The number of nitrogen functional groups attached to an aromatic ring is 1. The molecule has 98 valence electrons. The number of carboxylic acids is 1. The Hall–Kier alpha value is -2.19. The third kappa shape index (κ3) is 3.15. The molecule has 0 fully saturated rings. The number of nitrogens with zero attached hydrogens (tertiary/aromatic N) is 1. The molecule has 8 nitrogen and oxygen atoms in total. The number of primary amides is 1. The van der Waals surface area contributed by atoms with Gasteiger partial charge in [0.1, 0.15) is 6.10 Å². The molecule has 7 N–H and O–H groups in total. The van der Waals surface area contributed by atoms with E-state index in [-0.39, 0.29) is 16.9 Å². The highest BCUT2D eigenvalue weighted by atomic mass is 16.4. The van der Waals surface area contributed by atoms with E-state index in [9.17, 15) is 19.8 Å². The molecule has 0 saturated heterocycles. The van der Waals surface area contributed by atoms with Crippen molar-refractivity contribution in [2.75, 3.05) is 5.73 Å². The first-order chi connectivity index (χ1) is 8.32. The highest BCUT2D eigenvalue weighted by molar-refractivity contribution is 5.91. The summed E-state index contributed by atoms with van der Waals surface area (Å²) in [6, 6.07) is 1.17. The molecule has 0 bridgehead atoms. The number of nitrogens with two attached hydrogens (primary N) is 2. The monoisotopic (exact) mass is 255 g/mol. The summed E-state index contributed by atoms with van der Waals surface area (Å²) in [7, 11) is 0. The van der Waals surface area contributed by atoms with Crippen LogP contribution in [0, 0.1) is 0 Å². The highest BCUT2D eigenvalue weighted by Crippen LogP contribution is 2.21. The first kappa shape index (κ1) is 13.9. The van der Waals surface area contributed by atoms with Crippen LogP contribution in [-0.4, -0.2) is 38.3 Å². The second-order valence-electron chi connectivity index (χ2n) is 3.69. The summed E-state index contributed by atoms with van der Waals surface area (Å²) in [5.74, 6) is -2.07. The quantitative estimate of drug-likeness (QED) is 0.433. The smallest absolute Gasteiger partial charge is 0.356 e. The molecule has 0 aliphatic carbocycles. The van der Waals surface area contributed by atoms with Gasteiger partial charge in [-0.05, 0) is 6.07 Å². The number of amides is 1. The molecule has 0 aliphatic rings. The maximum Gasteiger partial charge on any atom is 0.356 e. The van der Waals surface area contributed by atoms with Crippen LogP contribution >= 0.6 is 0 Å². The molecule has 1 aromatic rings. The second kappa shape index (κ2) is 5.43. The first-order valence-corrected chi connectivity index (χ1v) is 4.96. The molecular weight excluding hydrogens is 242 g/mol. The molecule has 0 aromatic carbocycles. The average molecular weight is 255 g/mol. The minimum Gasteiger partial charge on any atom is -0.476 e. The van der Waals surface area contributed by atoms with E-state index in [0.29, 0.717) is 0 Å². The fraction of sp³-hybridized carbons (Fsp3) is 0.300. The zero-order chi connectivity index (χ0) is 13.9. The Morgan fingerprint density at radius 2 is 2.00 bits per heavy atom. The van der Waals surface area contributed by atoms with Crippen LogP contribution in [0.1, 0.15) is 28.6 Å². The third-order valence-corrected chi connectivity index (χ3v) is 2.26. The van der Waals surface area contributed by atoms with Gasteiger partial charge in [-0.1, -0.05) is 0 Å². The highest BCUT2D eigenvalue weighted by Gasteiger charge is 2.22. The average Bonchev–Trinajstić information content (AvgIpc) is 2.26. The Labute approximate surface area is 102 Å². The van der Waals surface area contributed by atoms with Crippen molar-refractivity contribution in [3.05, 3.63) is 23.5 Å². The van der Waals surface area contributed by atoms with Crippen molar-refractivity contribution in [1.82, 2.24) is 4.98 Å². The first-order valence-electron chi connectivity index (χ1n) is 4.96. The molecular formula is C10H13N3O5. The van der Waals surface area contributed by atoms with Crippen LogP contribution in [0.3, 0.4) is 0 Å². The number of anilines is 1. The lowest BCUT2D eigenvalue weighted by Gasteiger charge is -2.17. The number of carboxylic acid groups (broad SMARTS) is 1. The van der Waals surface area contributed by atoms with Crippen molar-refractivity contribution in [3.63, 3.8) is 0 Å². The van der Waals surface area contributed by atoms with Gasteiger partial charge in [0.15, 0.2) is 5.69 Å². The molecule has 2 unspecified atom stereocenters. The van der Waals surface area contributed by atoms with Crippen molar-refractivity contribution in [1.29, 1.82) is 0 Å². The Morgan fingerprint density at radius 1 is 1.39 bits per heavy atom. The zero-order valence-electron chi connectivity index (χ0n) is 9.28. The molecule has 18 heavy (non-hydrogen) atoms. The summed E-state index contributed by atoms with van der Waals surface area (Å²) in [4.78, 5) is 24.8. The fourth-order valence-electron chi connectivity index (χ4n) is 1.38. The normalized spacial score (nSPS) is 13.9. The molecule has 1 heterocycles. The zero-order valence-corrected chi connectivity index (χ0v) is 9.28. The summed E-state index contributed by atoms with van der Waals surface area (Å²) < 4.78 is 0. The van der Waals surface area contributed by atoms with E-state index < -0.39 is 30.5 Å². The number of hydrogen-bond acceptors (Lipinski definition) is 6. The van der Waals surface area contributed by atoms with Crippen LogP contribution in [0.4, 0.5) is 5.69 Å². The van der Waals surface area contributed by atoms with Crippen LogP contribution < -0.4 is 11.5 Å². The Morgan fingerprint density at radius 3 is 2.44 bits per heavy atom. The molecule has 1 aromatic heterocycles. The molecule has 0 saturated carbocycles. The van der Waals surface area contributed by atoms with Crippen LogP contribution in [-0.2, 0) is 4.79 Å². The molecule has 8 heteroatoms. The maximum atomic E-state index is 10.7. The van der Waals surface area contributed by atoms with Crippen molar-refractivity contribution < 1.29 is 24.9 Å². The van der Waals surface area contributed by atoms with Crippen LogP contribution in [0.25, 0.3) is 0 Å². The van der Waals surface area contributed by atoms with Crippen molar-refractivity contribution in [2.24, 2.45) is 5.73 Å². The number of aliphatic hydroxyl groups is 2. The number of carbonyl (C=O) groups excluding carboxylic acids is 1. The fourth-order valence-corrected chi connectivity index (χ4v) is 1.38. The third-order valence-electron chi connectivity index (χ3n) is 2.26.